The number of carbonyl (C=O) groups is 1. The minimum Gasteiger partial charge on any atom is -0.497 e. The van der Waals surface area contributed by atoms with E-state index in [9.17, 15) is 4.79 Å². The zero-order valence-electron chi connectivity index (χ0n) is 17.8. The van der Waals surface area contributed by atoms with Crippen molar-refractivity contribution in [2.24, 2.45) is 5.92 Å². The third-order valence-electron chi connectivity index (χ3n) is 5.67. The second-order valence-corrected chi connectivity index (χ2v) is 8.75. The van der Waals surface area contributed by atoms with Gasteiger partial charge in [-0.1, -0.05) is 37.6 Å². The minimum atomic E-state index is 0.0365. The molecule has 1 aromatic carbocycles. The van der Waals surface area contributed by atoms with E-state index in [2.05, 4.69) is 27.4 Å². The van der Waals surface area contributed by atoms with E-state index in [-0.39, 0.29) is 11.9 Å². The lowest BCUT2D eigenvalue weighted by molar-refractivity contribution is -0.119. The number of benzene rings is 1. The van der Waals surface area contributed by atoms with Crippen LogP contribution in [0.5, 0.6) is 5.75 Å². The molecule has 1 saturated carbocycles. The highest BCUT2D eigenvalue weighted by molar-refractivity contribution is 7.99. The molecule has 1 fully saturated rings. The van der Waals surface area contributed by atoms with Crippen molar-refractivity contribution < 1.29 is 9.53 Å². The monoisotopic (exact) mass is 437 g/mol. The van der Waals surface area contributed by atoms with Crippen molar-refractivity contribution >= 4 is 17.7 Å². The lowest BCUT2D eigenvalue weighted by Gasteiger charge is -2.29. The molecule has 2 atom stereocenters. The molecule has 0 spiro atoms. The zero-order valence-corrected chi connectivity index (χ0v) is 18.6. The van der Waals surface area contributed by atoms with Gasteiger partial charge in [0.1, 0.15) is 5.75 Å². The Kier molecular flexibility index (Phi) is 6.86. The molecule has 1 amide bonds. The largest absolute Gasteiger partial charge is 0.497 e. The van der Waals surface area contributed by atoms with Gasteiger partial charge in [-0.25, -0.2) is 0 Å². The molecule has 7 nitrogen and oxygen atoms in total. The maximum atomic E-state index is 12.6. The second kappa shape index (κ2) is 9.96. The SMILES string of the molecule is COc1cccc(-n2c(SCC(=O)N[C@@H]3CCCC[C@H]3C)nnc2-c2ccncc2)c1. The van der Waals surface area contributed by atoms with E-state index < -0.39 is 0 Å². The third-order valence-corrected chi connectivity index (χ3v) is 6.60. The summed E-state index contributed by atoms with van der Waals surface area (Å²) in [5.41, 5.74) is 1.78. The number of ether oxygens (including phenoxy) is 1. The van der Waals surface area contributed by atoms with Crippen LogP contribution in [0.2, 0.25) is 0 Å². The van der Waals surface area contributed by atoms with E-state index in [1.807, 2.05) is 41.0 Å². The summed E-state index contributed by atoms with van der Waals surface area (Å²) in [6, 6.07) is 11.8. The fourth-order valence-electron chi connectivity index (χ4n) is 3.94. The maximum absolute atomic E-state index is 12.6. The van der Waals surface area contributed by atoms with E-state index in [0.29, 0.717) is 22.7 Å². The molecule has 4 rings (SSSR count). The summed E-state index contributed by atoms with van der Waals surface area (Å²) >= 11 is 1.39. The van der Waals surface area contributed by atoms with E-state index in [4.69, 9.17) is 4.74 Å². The Labute approximate surface area is 186 Å². The van der Waals surface area contributed by atoms with Crippen molar-refractivity contribution in [1.29, 1.82) is 0 Å². The van der Waals surface area contributed by atoms with Crippen LogP contribution in [0.4, 0.5) is 0 Å². The molecule has 1 aliphatic rings. The highest BCUT2D eigenvalue weighted by Gasteiger charge is 2.23. The van der Waals surface area contributed by atoms with Gasteiger partial charge in [0.25, 0.3) is 0 Å². The summed E-state index contributed by atoms with van der Waals surface area (Å²) in [5.74, 6) is 2.30. The number of methoxy groups -OCH3 is 1. The number of pyridine rings is 1. The van der Waals surface area contributed by atoms with Gasteiger partial charge in [0.15, 0.2) is 11.0 Å². The topological polar surface area (TPSA) is 81.9 Å². The van der Waals surface area contributed by atoms with Crippen LogP contribution in [0.3, 0.4) is 0 Å². The average Bonchev–Trinajstić information content (AvgIpc) is 3.24. The van der Waals surface area contributed by atoms with Gasteiger partial charge >= 0.3 is 0 Å². The molecular formula is C23H27N5O2S. The highest BCUT2D eigenvalue weighted by atomic mass is 32.2. The Morgan fingerprint density at radius 2 is 2.00 bits per heavy atom. The van der Waals surface area contributed by atoms with Gasteiger partial charge in [-0.05, 0) is 43.0 Å². The molecule has 1 N–H and O–H groups in total. The van der Waals surface area contributed by atoms with Crippen LogP contribution < -0.4 is 10.1 Å². The standard InChI is InChI=1S/C23H27N5O2S/c1-16-6-3-4-9-20(16)25-21(29)15-31-23-27-26-22(17-10-12-24-13-11-17)28(23)18-7-5-8-19(14-18)30-2/h5,7-8,10-14,16,20H,3-4,6,9,15H2,1-2H3,(H,25,29)/t16-,20-/m1/s1. The molecule has 0 radical (unpaired) electrons. The maximum Gasteiger partial charge on any atom is 0.230 e. The molecule has 8 heteroatoms. The summed E-state index contributed by atoms with van der Waals surface area (Å²) in [5, 5.41) is 12.7. The lowest BCUT2D eigenvalue weighted by Crippen LogP contribution is -2.41. The van der Waals surface area contributed by atoms with Gasteiger partial charge in [0.05, 0.1) is 18.6 Å². The number of hydrogen-bond donors (Lipinski definition) is 1. The predicted octanol–water partition coefficient (Wildman–Crippen LogP) is 4.12. The fourth-order valence-corrected chi connectivity index (χ4v) is 4.71. The number of hydrogen-bond acceptors (Lipinski definition) is 6. The van der Waals surface area contributed by atoms with Crippen LogP contribution in [0.1, 0.15) is 32.6 Å². The Bertz CT molecular complexity index is 1020. The number of nitrogens with one attached hydrogen (secondary N) is 1. The Morgan fingerprint density at radius 3 is 2.77 bits per heavy atom. The Balaban J connectivity index is 1.57. The van der Waals surface area contributed by atoms with Crippen LogP contribution in [0.25, 0.3) is 17.1 Å². The molecular weight excluding hydrogens is 410 g/mol. The van der Waals surface area contributed by atoms with E-state index in [1.165, 1.54) is 31.0 Å². The van der Waals surface area contributed by atoms with E-state index >= 15 is 0 Å². The zero-order chi connectivity index (χ0) is 21.6. The van der Waals surface area contributed by atoms with Crippen LogP contribution in [-0.2, 0) is 4.79 Å². The summed E-state index contributed by atoms with van der Waals surface area (Å²) in [7, 11) is 1.64. The van der Waals surface area contributed by atoms with Crippen molar-refractivity contribution in [2.75, 3.05) is 12.9 Å². The minimum absolute atomic E-state index is 0.0365. The predicted molar refractivity (Wildman–Crippen MR) is 121 cm³/mol. The van der Waals surface area contributed by atoms with E-state index in [1.54, 1.807) is 19.5 Å². The van der Waals surface area contributed by atoms with Crippen molar-refractivity contribution in [3.63, 3.8) is 0 Å². The summed E-state index contributed by atoms with van der Waals surface area (Å²) < 4.78 is 7.35. The molecule has 0 aliphatic heterocycles. The number of aromatic nitrogens is 4. The van der Waals surface area contributed by atoms with E-state index in [0.717, 1.165) is 23.4 Å². The van der Waals surface area contributed by atoms with Crippen LogP contribution in [0, 0.1) is 5.92 Å². The van der Waals surface area contributed by atoms with Gasteiger partial charge in [0, 0.05) is 30.1 Å². The first-order valence-corrected chi connectivity index (χ1v) is 11.6. The van der Waals surface area contributed by atoms with Crippen LogP contribution in [0.15, 0.2) is 53.9 Å². The molecule has 2 aromatic heterocycles. The Hall–Kier alpha value is -2.87. The number of nitrogens with zero attached hydrogens (tertiary/aromatic N) is 4. The Morgan fingerprint density at radius 1 is 1.19 bits per heavy atom. The molecule has 1 aliphatic carbocycles. The van der Waals surface area contributed by atoms with Crippen molar-refractivity contribution in [3.8, 4) is 22.8 Å². The number of amides is 1. The smallest absolute Gasteiger partial charge is 0.230 e. The van der Waals surface area contributed by atoms with Crippen molar-refractivity contribution in [2.45, 2.75) is 43.8 Å². The van der Waals surface area contributed by atoms with Gasteiger partial charge in [-0.15, -0.1) is 10.2 Å². The molecule has 162 valence electrons. The first-order valence-electron chi connectivity index (χ1n) is 10.6. The molecule has 0 unspecified atom stereocenters. The second-order valence-electron chi connectivity index (χ2n) is 7.80. The van der Waals surface area contributed by atoms with Gasteiger partial charge in [-0.3, -0.25) is 14.3 Å². The molecule has 31 heavy (non-hydrogen) atoms. The molecule has 2 heterocycles. The lowest BCUT2D eigenvalue weighted by atomic mass is 9.86. The normalized spacial score (nSPS) is 18.5. The summed E-state index contributed by atoms with van der Waals surface area (Å²) in [6.07, 6.45) is 8.13. The fraction of sp³-hybridized carbons (Fsp3) is 0.391. The van der Waals surface area contributed by atoms with Gasteiger partial charge < -0.3 is 10.1 Å². The first kappa shape index (κ1) is 21.4. The highest BCUT2D eigenvalue weighted by Crippen LogP contribution is 2.29. The van der Waals surface area contributed by atoms with Crippen molar-refractivity contribution in [1.82, 2.24) is 25.1 Å². The average molecular weight is 438 g/mol. The van der Waals surface area contributed by atoms with Crippen LogP contribution >= 0.6 is 11.8 Å². The summed E-state index contributed by atoms with van der Waals surface area (Å²) in [6.45, 7) is 2.22. The molecule has 0 bridgehead atoms. The quantitative estimate of drug-likeness (QED) is 0.560. The van der Waals surface area contributed by atoms with Crippen molar-refractivity contribution in [3.05, 3.63) is 48.8 Å². The molecule has 0 saturated heterocycles. The first-order chi connectivity index (χ1) is 15.2. The number of carbonyl (C=O) groups excluding carboxylic acids is 1. The molecule has 3 aromatic rings. The number of rotatable bonds is 7. The van der Waals surface area contributed by atoms with Crippen LogP contribution in [-0.4, -0.2) is 44.6 Å². The number of thioether (sulfide) groups is 1. The van der Waals surface area contributed by atoms with Gasteiger partial charge in [0.2, 0.25) is 5.91 Å². The van der Waals surface area contributed by atoms with Gasteiger partial charge in [-0.2, -0.15) is 0 Å². The summed E-state index contributed by atoms with van der Waals surface area (Å²) in [4.78, 5) is 16.7. The third kappa shape index (κ3) is 5.07.